The van der Waals surface area contributed by atoms with Gasteiger partial charge in [0.1, 0.15) is 21.9 Å². The molecule has 2 saturated heterocycles. The van der Waals surface area contributed by atoms with Gasteiger partial charge in [-0.25, -0.2) is 32.3 Å². The van der Waals surface area contributed by atoms with Gasteiger partial charge in [-0.2, -0.15) is 0 Å². The first-order valence-electron chi connectivity index (χ1n) is 13.4. The quantitative estimate of drug-likeness (QED) is 0.224. The van der Waals surface area contributed by atoms with Gasteiger partial charge >= 0.3 is 5.97 Å². The van der Waals surface area contributed by atoms with Gasteiger partial charge in [-0.3, -0.25) is 0 Å². The van der Waals surface area contributed by atoms with E-state index in [1.165, 1.54) is 7.11 Å². The molecule has 0 bridgehead atoms. The molecule has 2 N–H and O–H groups in total. The summed E-state index contributed by atoms with van der Waals surface area (Å²) >= 11 is 12.1. The summed E-state index contributed by atoms with van der Waals surface area (Å²) in [7, 11) is 1.33. The molecule has 8 nitrogen and oxygen atoms in total. The number of halogens is 6. The van der Waals surface area contributed by atoms with Crippen LogP contribution in [-0.2, 0) is 17.8 Å². The van der Waals surface area contributed by atoms with Crippen molar-refractivity contribution in [2.45, 2.75) is 24.9 Å². The number of fused-ring (bicyclic) bond motifs is 2. The molecule has 0 aromatic carbocycles. The number of aromatic nitrogens is 3. The summed E-state index contributed by atoms with van der Waals surface area (Å²) in [6, 6.07) is 8.72. The van der Waals surface area contributed by atoms with Crippen molar-refractivity contribution < 1.29 is 32.2 Å². The van der Waals surface area contributed by atoms with Crippen LogP contribution in [0.25, 0.3) is 0 Å². The number of aromatic amines is 1. The summed E-state index contributed by atoms with van der Waals surface area (Å²) < 4.78 is 57.3. The monoisotopic (exact) mass is 627 g/mol. The van der Waals surface area contributed by atoms with Crippen molar-refractivity contribution in [2.24, 2.45) is 23.7 Å². The number of esters is 1. The van der Waals surface area contributed by atoms with Crippen LogP contribution >= 0.6 is 23.2 Å². The van der Waals surface area contributed by atoms with Gasteiger partial charge in [0.2, 0.25) is 0 Å². The fraction of sp³-hybridized carbons (Fsp3) is 0.464. The molecule has 7 rings (SSSR count). The molecular formula is C28H27Cl2F4N5O3. The van der Waals surface area contributed by atoms with E-state index in [4.69, 9.17) is 28.3 Å². The van der Waals surface area contributed by atoms with E-state index in [1.54, 1.807) is 30.5 Å². The van der Waals surface area contributed by atoms with E-state index in [0.717, 1.165) is 11.3 Å². The van der Waals surface area contributed by atoms with Gasteiger partial charge < -0.3 is 24.6 Å². The molecule has 3 aromatic heterocycles. The van der Waals surface area contributed by atoms with Gasteiger partial charge in [0.05, 0.1) is 43.0 Å². The molecule has 2 aliphatic carbocycles. The maximum absolute atomic E-state index is 13.3. The number of alkyl halides is 4. The third-order valence-corrected chi connectivity index (χ3v) is 9.24. The Hall–Kier alpha value is -3.09. The number of ether oxygens (including phenoxy) is 1. The van der Waals surface area contributed by atoms with Gasteiger partial charge in [-0.15, -0.1) is 0 Å². The third kappa shape index (κ3) is 5.17. The second-order valence-corrected chi connectivity index (χ2v) is 11.8. The first-order chi connectivity index (χ1) is 19.9. The van der Waals surface area contributed by atoms with Crippen LogP contribution in [0, 0.1) is 23.7 Å². The summed E-state index contributed by atoms with van der Waals surface area (Å²) in [6.45, 7) is 1.13. The number of nitrogens with zero attached hydrogens (tertiary/aromatic N) is 4. The Morgan fingerprint density at radius 1 is 0.929 bits per heavy atom. The number of rotatable bonds is 6. The highest BCUT2D eigenvalue weighted by Gasteiger charge is 2.72. The van der Waals surface area contributed by atoms with Crippen LogP contribution in [0.5, 0.6) is 0 Å². The van der Waals surface area contributed by atoms with Crippen molar-refractivity contribution >= 4 is 40.8 Å². The minimum atomic E-state index is -2.51. The molecule has 14 heteroatoms. The van der Waals surface area contributed by atoms with Crippen molar-refractivity contribution in [1.29, 1.82) is 0 Å². The van der Waals surface area contributed by atoms with Gasteiger partial charge in [0.15, 0.2) is 0 Å². The average Bonchev–Trinajstić information content (AvgIpc) is 3.49. The molecule has 4 atom stereocenters. The SMILES string of the molecule is COC(=O)c1c[nH]c(Cc2ccc(N3CC4C(C3)C4(F)F)nc2Cl)c1.OCc1ccc(N2CC3C(C2)C3(F)F)nc1Cl. The van der Waals surface area contributed by atoms with E-state index in [9.17, 15) is 22.4 Å². The van der Waals surface area contributed by atoms with E-state index in [2.05, 4.69) is 19.7 Å². The number of aliphatic hydroxyl groups is 1. The highest BCUT2D eigenvalue weighted by Crippen LogP contribution is 2.60. The molecule has 2 aliphatic heterocycles. The average molecular weight is 628 g/mol. The van der Waals surface area contributed by atoms with Crippen molar-refractivity contribution in [3.05, 3.63) is 69.2 Å². The van der Waals surface area contributed by atoms with Crippen LogP contribution in [0.15, 0.2) is 36.5 Å². The number of hydrogen-bond acceptors (Lipinski definition) is 7. The van der Waals surface area contributed by atoms with Gasteiger partial charge in [-0.05, 0) is 29.8 Å². The zero-order valence-corrected chi connectivity index (χ0v) is 23.8. The summed E-state index contributed by atoms with van der Waals surface area (Å²) in [5.41, 5.74) is 2.58. The topological polar surface area (TPSA) is 94.6 Å². The summed E-state index contributed by atoms with van der Waals surface area (Å²) in [5.74, 6) is -6.33. The lowest BCUT2D eigenvalue weighted by Gasteiger charge is -2.21. The van der Waals surface area contributed by atoms with Crippen LogP contribution in [0.3, 0.4) is 0 Å². The molecule has 3 aromatic rings. The Labute approximate surface area is 248 Å². The fourth-order valence-electron chi connectivity index (χ4n) is 5.88. The summed E-state index contributed by atoms with van der Waals surface area (Å²) in [4.78, 5) is 26.6. The van der Waals surface area contributed by atoms with E-state index in [0.29, 0.717) is 60.5 Å². The molecule has 4 aliphatic rings. The fourth-order valence-corrected chi connectivity index (χ4v) is 6.31. The number of hydrogen-bond donors (Lipinski definition) is 2. The van der Waals surface area contributed by atoms with Gasteiger partial charge in [-0.1, -0.05) is 29.3 Å². The number of piperidine rings is 2. The van der Waals surface area contributed by atoms with Crippen LogP contribution in [0.4, 0.5) is 29.2 Å². The smallest absolute Gasteiger partial charge is 0.339 e. The second-order valence-electron chi connectivity index (χ2n) is 11.1. The highest BCUT2D eigenvalue weighted by molar-refractivity contribution is 6.30. The number of anilines is 2. The van der Waals surface area contributed by atoms with E-state index >= 15 is 0 Å². The molecule has 4 fully saturated rings. The molecule has 224 valence electrons. The Bertz CT molecular complexity index is 1490. The Balaban J connectivity index is 0.000000162. The zero-order valence-electron chi connectivity index (χ0n) is 22.3. The Morgan fingerprint density at radius 2 is 1.40 bits per heavy atom. The van der Waals surface area contributed by atoms with E-state index in [-0.39, 0.29) is 11.8 Å². The third-order valence-electron chi connectivity index (χ3n) is 8.58. The molecule has 4 unspecified atom stereocenters. The Morgan fingerprint density at radius 3 is 1.83 bits per heavy atom. The van der Waals surface area contributed by atoms with Crippen LogP contribution in [0.2, 0.25) is 10.3 Å². The van der Waals surface area contributed by atoms with Gasteiger partial charge in [0, 0.05) is 50.1 Å². The number of carbonyl (C=O) groups excluding carboxylic acids is 1. The number of pyridine rings is 2. The van der Waals surface area contributed by atoms with Crippen molar-refractivity contribution in [3.63, 3.8) is 0 Å². The zero-order chi connectivity index (χ0) is 30.0. The second kappa shape index (κ2) is 10.6. The van der Waals surface area contributed by atoms with Crippen LogP contribution < -0.4 is 9.80 Å². The normalized spacial score (nSPS) is 25.8. The lowest BCUT2D eigenvalue weighted by Crippen LogP contribution is -2.28. The lowest BCUT2D eigenvalue weighted by molar-refractivity contribution is 0.0600. The van der Waals surface area contributed by atoms with E-state index in [1.807, 2.05) is 15.9 Å². The highest BCUT2D eigenvalue weighted by atomic mass is 35.5. The maximum atomic E-state index is 13.3. The number of nitrogens with one attached hydrogen (secondary N) is 1. The summed E-state index contributed by atoms with van der Waals surface area (Å²) in [6.07, 6.45) is 2.06. The minimum Gasteiger partial charge on any atom is -0.465 e. The lowest BCUT2D eigenvalue weighted by atomic mass is 10.1. The number of aliphatic hydroxyl groups excluding tert-OH is 1. The number of carbonyl (C=O) groups is 1. The van der Waals surface area contributed by atoms with Crippen LogP contribution in [-0.4, -0.2) is 71.2 Å². The predicted molar refractivity (Wildman–Crippen MR) is 148 cm³/mol. The van der Waals surface area contributed by atoms with Gasteiger partial charge in [0.25, 0.3) is 11.8 Å². The maximum Gasteiger partial charge on any atom is 0.339 e. The molecular weight excluding hydrogens is 601 g/mol. The molecule has 0 radical (unpaired) electrons. The molecule has 0 amide bonds. The van der Waals surface area contributed by atoms with Crippen LogP contribution in [0.1, 0.15) is 27.2 Å². The Kier molecular flexibility index (Phi) is 7.30. The number of methoxy groups -OCH3 is 1. The molecule has 5 heterocycles. The molecule has 2 saturated carbocycles. The minimum absolute atomic E-state index is 0.171. The van der Waals surface area contributed by atoms with Crippen molar-refractivity contribution in [2.75, 3.05) is 43.1 Å². The van der Waals surface area contributed by atoms with Crippen molar-refractivity contribution in [1.82, 2.24) is 15.0 Å². The summed E-state index contributed by atoms with van der Waals surface area (Å²) in [5, 5.41) is 9.52. The standard InChI is InChI=1S/C17H16ClF2N3O2.C11H11ClF2N2O/c1-25-16(24)10-5-11(21-6-10)4-9-2-3-14(22-15(9)18)23-7-12-13(8-23)17(12,19)20;12-10-6(5-17)1-2-9(15-10)16-3-7-8(4-16)11(7,13)14/h2-3,5-6,12-13,21H,4,7-8H2,1H3;1-2,7-8,17H,3-5H2. The molecule has 0 spiro atoms. The molecule has 42 heavy (non-hydrogen) atoms. The van der Waals surface area contributed by atoms with E-state index < -0.39 is 41.5 Å². The van der Waals surface area contributed by atoms with Crippen molar-refractivity contribution in [3.8, 4) is 0 Å². The largest absolute Gasteiger partial charge is 0.465 e. The first-order valence-corrected chi connectivity index (χ1v) is 14.1. The predicted octanol–water partition coefficient (Wildman–Crippen LogP) is 5.07. The first kappa shape index (κ1) is 29.0. The number of H-pyrrole nitrogens is 1.